The van der Waals surface area contributed by atoms with Gasteiger partial charge in [-0.1, -0.05) is 30.3 Å². The summed E-state index contributed by atoms with van der Waals surface area (Å²) in [5, 5.41) is 5.17. The molecule has 0 atom stereocenters. The van der Waals surface area contributed by atoms with Crippen LogP contribution < -0.4 is 10.9 Å². The topological polar surface area (TPSA) is 86.2 Å². The highest BCUT2D eigenvalue weighted by Crippen LogP contribution is 2.26. The standard InChI is InChI=1S/C12H12N2O2S/c13-10-7-5-9(6-8-10)11-3-1-2-4-12(11)17(14,15)16/h1-8H,13H2,(H2,14,15,16). The Labute approximate surface area is 99.9 Å². The maximum Gasteiger partial charge on any atom is 0.238 e. The fourth-order valence-corrected chi connectivity index (χ4v) is 2.38. The summed E-state index contributed by atoms with van der Waals surface area (Å²) in [6.07, 6.45) is 0. The lowest BCUT2D eigenvalue weighted by molar-refractivity contribution is 0.598. The van der Waals surface area contributed by atoms with Crippen LogP contribution in [0, 0.1) is 0 Å². The molecular weight excluding hydrogens is 236 g/mol. The second-order valence-corrected chi connectivity index (χ2v) is 5.19. The molecule has 2 aromatic carbocycles. The van der Waals surface area contributed by atoms with E-state index in [2.05, 4.69) is 0 Å². The number of anilines is 1. The lowest BCUT2D eigenvalue weighted by atomic mass is 10.1. The minimum atomic E-state index is -3.72. The monoisotopic (exact) mass is 248 g/mol. The van der Waals surface area contributed by atoms with Gasteiger partial charge >= 0.3 is 0 Å². The first-order valence-corrected chi connectivity index (χ1v) is 6.51. The zero-order chi connectivity index (χ0) is 12.5. The number of nitrogen functional groups attached to an aromatic ring is 1. The first kappa shape index (κ1) is 11.6. The Bertz CT molecular complexity index is 634. The second kappa shape index (κ2) is 4.20. The van der Waals surface area contributed by atoms with Crippen molar-refractivity contribution < 1.29 is 8.42 Å². The van der Waals surface area contributed by atoms with E-state index >= 15 is 0 Å². The summed E-state index contributed by atoms with van der Waals surface area (Å²) in [7, 11) is -3.72. The Morgan fingerprint density at radius 2 is 1.47 bits per heavy atom. The fourth-order valence-electron chi connectivity index (χ4n) is 1.62. The minimum Gasteiger partial charge on any atom is -0.399 e. The third-order valence-electron chi connectivity index (χ3n) is 2.42. The third kappa shape index (κ3) is 2.46. The molecule has 4 nitrogen and oxygen atoms in total. The van der Waals surface area contributed by atoms with Crippen molar-refractivity contribution in [3.05, 3.63) is 48.5 Å². The molecule has 0 saturated carbocycles. The molecule has 0 aliphatic rings. The SMILES string of the molecule is Nc1ccc(-c2ccccc2S(N)(=O)=O)cc1. The van der Waals surface area contributed by atoms with Crippen LogP contribution in [0.25, 0.3) is 11.1 Å². The molecule has 0 bridgehead atoms. The predicted molar refractivity (Wildman–Crippen MR) is 67.7 cm³/mol. The Morgan fingerprint density at radius 3 is 2.06 bits per heavy atom. The number of sulfonamides is 1. The lowest BCUT2D eigenvalue weighted by Gasteiger charge is -2.07. The van der Waals surface area contributed by atoms with Crippen LogP contribution in [-0.2, 0) is 10.0 Å². The van der Waals surface area contributed by atoms with Gasteiger partial charge in [-0.15, -0.1) is 0 Å². The smallest absolute Gasteiger partial charge is 0.238 e. The second-order valence-electron chi connectivity index (χ2n) is 3.66. The molecule has 0 amide bonds. The average Bonchev–Trinajstić information content (AvgIpc) is 2.29. The van der Waals surface area contributed by atoms with E-state index in [0.717, 1.165) is 5.56 Å². The van der Waals surface area contributed by atoms with Crippen LogP contribution >= 0.6 is 0 Å². The van der Waals surface area contributed by atoms with Gasteiger partial charge in [0.2, 0.25) is 10.0 Å². The van der Waals surface area contributed by atoms with Crippen LogP contribution in [-0.4, -0.2) is 8.42 Å². The molecule has 0 spiro atoms. The van der Waals surface area contributed by atoms with Crippen molar-refractivity contribution in [1.82, 2.24) is 0 Å². The van der Waals surface area contributed by atoms with Crippen LogP contribution in [0.15, 0.2) is 53.4 Å². The maximum atomic E-state index is 11.4. The van der Waals surface area contributed by atoms with Gasteiger partial charge in [0.1, 0.15) is 0 Å². The summed E-state index contributed by atoms with van der Waals surface area (Å²) in [5.41, 5.74) is 7.56. The summed E-state index contributed by atoms with van der Waals surface area (Å²) in [6, 6.07) is 13.6. The van der Waals surface area contributed by atoms with E-state index in [1.165, 1.54) is 6.07 Å². The van der Waals surface area contributed by atoms with Crippen LogP contribution in [0.2, 0.25) is 0 Å². The van der Waals surface area contributed by atoms with Crippen LogP contribution in [0.4, 0.5) is 5.69 Å². The van der Waals surface area contributed by atoms with Crippen molar-refractivity contribution >= 4 is 15.7 Å². The van der Waals surface area contributed by atoms with Crippen molar-refractivity contribution in [2.24, 2.45) is 5.14 Å². The number of primary sulfonamides is 1. The highest BCUT2D eigenvalue weighted by molar-refractivity contribution is 7.89. The van der Waals surface area contributed by atoms with Gasteiger partial charge in [-0.3, -0.25) is 0 Å². The molecule has 0 heterocycles. The molecule has 0 fully saturated rings. The number of hydrogen-bond acceptors (Lipinski definition) is 3. The van der Waals surface area contributed by atoms with Crippen molar-refractivity contribution in [3.8, 4) is 11.1 Å². The van der Waals surface area contributed by atoms with Crippen LogP contribution in [0.5, 0.6) is 0 Å². The van der Waals surface area contributed by atoms with Gasteiger partial charge < -0.3 is 5.73 Å². The molecule has 2 aromatic rings. The van der Waals surface area contributed by atoms with Crippen LogP contribution in [0.1, 0.15) is 0 Å². The Balaban J connectivity index is 2.64. The highest BCUT2D eigenvalue weighted by atomic mass is 32.2. The van der Waals surface area contributed by atoms with Crippen molar-refractivity contribution in [3.63, 3.8) is 0 Å². The van der Waals surface area contributed by atoms with E-state index in [0.29, 0.717) is 11.3 Å². The molecule has 4 N–H and O–H groups in total. The first-order chi connectivity index (χ1) is 7.98. The fraction of sp³-hybridized carbons (Fsp3) is 0. The van der Waals surface area contributed by atoms with E-state index in [9.17, 15) is 8.42 Å². The van der Waals surface area contributed by atoms with Gasteiger partial charge in [-0.25, -0.2) is 13.6 Å². The third-order valence-corrected chi connectivity index (χ3v) is 3.38. The first-order valence-electron chi connectivity index (χ1n) is 4.96. The molecule has 0 unspecified atom stereocenters. The number of rotatable bonds is 2. The molecule has 0 aromatic heterocycles. The molecular formula is C12H12N2O2S. The molecule has 0 radical (unpaired) electrons. The van der Waals surface area contributed by atoms with Crippen molar-refractivity contribution in [1.29, 1.82) is 0 Å². The lowest BCUT2D eigenvalue weighted by Crippen LogP contribution is -2.13. The van der Waals surface area contributed by atoms with E-state index in [1.54, 1.807) is 42.5 Å². The molecule has 5 heteroatoms. The Morgan fingerprint density at radius 1 is 0.882 bits per heavy atom. The normalized spacial score (nSPS) is 11.4. The molecule has 0 aliphatic carbocycles. The van der Waals surface area contributed by atoms with E-state index in [-0.39, 0.29) is 4.90 Å². The Hall–Kier alpha value is -1.85. The summed E-state index contributed by atoms with van der Waals surface area (Å²) >= 11 is 0. The van der Waals surface area contributed by atoms with E-state index < -0.39 is 10.0 Å². The predicted octanol–water partition coefficient (Wildman–Crippen LogP) is 1.58. The largest absolute Gasteiger partial charge is 0.399 e. The average molecular weight is 248 g/mol. The van der Waals surface area contributed by atoms with E-state index in [1.807, 2.05) is 0 Å². The minimum absolute atomic E-state index is 0.116. The summed E-state index contributed by atoms with van der Waals surface area (Å²) in [5.74, 6) is 0. The summed E-state index contributed by atoms with van der Waals surface area (Å²) in [4.78, 5) is 0.116. The van der Waals surface area contributed by atoms with Gasteiger partial charge in [0.05, 0.1) is 4.90 Å². The van der Waals surface area contributed by atoms with Crippen molar-refractivity contribution in [2.75, 3.05) is 5.73 Å². The summed E-state index contributed by atoms with van der Waals surface area (Å²) < 4.78 is 22.9. The molecule has 2 rings (SSSR count). The number of hydrogen-bond donors (Lipinski definition) is 2. The van der Waals surface area contributed by atoms with Gasteiger partial charge in [0.15, 0.2) is 0 Å². The van der Waals surface area contributed by atoms with Crippen LogP contribution in [0.3, 0.4) is 0 Å². The zero-order valence-electron chi connectivity index (χ0n) is 9.00. The molecule has 0 aliphatic heterocycles. The van der Waals surface area contributed by atoms with Gasteiger partial charge in [-0.05, 0) is 23.8 Å². The Kier molecular flexibility index (Phi) is 2.87. The van der Waals surface area contributed by atoms with Gasteiger partial charge in [0, 0.05) is 11.3 Å². The van der Waals surface area contributed by atoms with Gasteiger partial charge in [0.25, 0.3) is 0 Å². The molecule has 88 valence electrons. The number of nitrogens with two attached hydrogens (primary N) is 2. The van der Waals surface area contributed by atoms with Gasteiger partial charge in [-0.2, -0.15) is 0 Å². The van der Waals surface area contributed by atoms with E-state index in [4.69, 9.17) is 10.9 Å². The van der Waals surface area contributed by atoms with Crippen molar-refractivity contribution in [2.45, 2.75) is 4.90 Å². The zero-order valence-corrected chi connectivity index (χ0v) is 9.81. The molecule has 17 heavy (non-hydrogen) atoms. The molecule has 0 saturated heterocycles. The highest BCUT2D eigenvalue weighted by Gasteiger charge is 2.13. The number of benzene rings is 2. The quantitative estimate of drug-likeness (QED) is 0.791. The summed E-state index contributed by atoms with van der Waals surface area (Å²) in [6.45, 7) is 0. The maximum absolute atomic E-state index is 11.4.